The molecule has 0 bridgehead atoms. The van der Waals surface area contributed by atoms with Gasteiger partial charge in [0.05, 0.1) is 18.2 Å². The minimum absolute atomic E-state index is 0.599. The van der Waals surface area contributed by atoms with Crippen molar-refractivity contribution in [1.82, 2.24) is 10.6 Å². The van der Waals surface area contributed by atoms with E-state index >= 15 is 0 Å². The summed E-state index contributed by atoms with van der Waals surface area (Å²) in [5.41, 5.74) is 3.95. The van der Waals surface area contributed by atoms with E-state index in [0.717, 1.165) is 16.9 Å². The van der Waals surface area contributed by atoms with Gasteiger partial charge in [0.15, 0.2) is 5.96 Å². The number of aliphatic imine (C=N–C) groups is 1. The molecule has 2 aromatic rings. The second-order valence-electron chi connectivity index (χ2n) is 5.64. The molecule has 0 aliphatic heterocycles. The number of nitrogens with one attached hydrogen (secondary N) is 2. The zero-order valence-electron chi connectivity index (χ0n) is 15.0. The van der Waals surface area contributed by atoms with Gasteiger partial charge in [-0.2, -0.15) is 5.26 Å². The van der Waals surface area contributed by atoms with Crippen LogP contribution in [0.2, 0.25) is 0 Å². The summed E-state index contributed by atoms with van der Waals surface area (Å²) in [5.74, 6) is 1.59. The lowest BCUT2D eigenvalue weighted by molar-refractivity contribution is 0.336. The number of nitriles is 1. The fourth-order valence-electron chi connectivity index (χ4n) is 2.43. The van der Waals surface area contributed by atoms with Crippen LogP contribution in [-0.4, -0.2) is 19.6 Å². The zero-order chi connectivity index (χ0) is 18.1. The van der Waals surface area contributed by atoms with Crippen molar-refractivity contribution < 1.29 is 4.74 Å². The van der Waals surface area contributed by atoms with Crippen molar-refractivity contribution in [2.24, 2.45) is 4.99 Å². The molecule has 0 heterocycles. The quantitative estimate of drug-likeness (QED) is 0.628. The van der Waals surface area contributed by atoms with E-state index in [1.165, 1.54) is 5.56 Å². The Morgan fingerprint density at radius 3 is 2.68 bits per heavy atom. The van der Waals surface area contributed by atoms with Crippen LogP contribution < -0.4 is 15.4 Å². The van der Waals surface area contributed by atoms with Crippen LogP contribution in [0.3, 0.4) is 0 Å². The molecule has 0 aliphatic carbocycles. The van der Waals surface area contributed by atoms with Gasteiger partial charge in [-0.05, 0) is 43.2 Å². The summed E-state index contributed by atoms with van der Waals surface area (Å²) in [4.78, 5) is 4.24. The molecule has 0 radical (unpaired) electrons. The van der Waals surface area contributed by atoms with Gasteiger partial charge in [0.2, 0.25) is 0 Å². The number of hydrogen-bond donors (Lipinski definition) is 2. The second-order valence-corrected chi connectivity index (χ2v) is 5.64. The minimum Gasteiger partial charge on any atom is -0.494 e. The molecular weight excluding hydrogens is 312 g/mol. The Labute approximate surface area is 149 Å². The number of hydrogen-bond acceptors (Lipinski definition) is 3. The first-order valence-corrected chi connectivity index (χ1v) is 8.32. The normalized spacial score (nSPS) is 10.9. The van der Waals surface area contributed by atoms with Crippen molar-refractivity contribution in [2.75, 3.05) is 13.7 Å². The van der Waals surface area contributed by atoms with E-state index in [-0.39, 0.29) is 0 Å². The average molecular weight is 336 g/mol. The maximum Gasteiger partial charge on any atom is 0.191 e. The van der Waals surface area contributed by atoms with E-state index in [4.69, 9.17) is 10.00 Å². The summed E-state index contributed by atoms with van der Waals surface area (Å²) < 4.78 is 5.71. The molecule has 0 atom stereocenters. The predicted octanol–water partition coefficient (Wildman–Crippen LogP) is 3.13. The lowest BCUT2D eigenvalue weighted by Crippen LogP contribution is -2.36. The molecule has 2 N–H and O–H groups in total. The smallest absolute Gasteiger partial charge is 0.191 e. The molecular formula is C20H24N4O. The minimum atomic E-state index is 0.599. The largest absolute Gasteiger partial charge is 0.494 e. The fraction of sp³-hybridized carbons (Fsp3) is 0.300. The third-order valence-electron chi connectivity index (χ3n) is 3.71. The van der Waals surface area contributed by atoms with Crippen LogP contribution in [0.1, 0.15) is 29.2 Å². The molecule has 2 aromatic carbocycles. The van der Waals surface area contributed by atoms with Gasteiger partial charge in [0.1, 0.15) is 5.75 Å². The average Bonchev–Trinajstić information content (AvgIpc) is 2.63. The van der Waals surface area contributed by atoms with Crippen LogP contribution in [0.15, 0.2) is 47.5 Å². The molecule has 2 rings (SSSR count). The molecule has 25 heavy (non-hydrogen) atoms. The summed E-state index contributed by atoms with van der Waals surface area (Å²) in [6, 6.07) is 15.9. The maximum atomic E-state index is 8.97. The van der Waals surface area contributed by atoms with E-state index in [1.807, 2.05) is 31.2 Å². The van der Waals surface area contributed by atoms with Gasteiger partial charge in [-0.25, -0.2) is 0 Å². The standard InChI is InChI=1S/C20H24N4O/c1-4-25-19-10-15(2)8-9-18(19)14-24-20(22-3)23-13-17-7-5-6-16(11-17)12-21/h5-11H,4,13-14H2,1-3H3,(H2,22,23,24). The highest BCUT2D eigenvalue weighted by molar-refractivity contribution is 5.79. The second kappa shape index (κ2) is 9.33. The maximum absolute atomic E-state index is 8.97. The summed E-state index contributed by atoms with van der Waals surface area (Å²) >= 11 is 0. The number of benzene rings is 2. The first-order valence-electron chi connectivity index (χ1n) is 8.32. The molecule has 0 unspecified atom stereocenters. The highest BCUT2D eigenvalue weighted by Crippen LogP contribution is 2.20. The topological polar surface area (TPSA) is 69.4 Å². The van der Waals surface area contributed by atoms with Gasteiger partial charge >= 0.3 is 0 Å². The van der Waals surface area contributed by atoms with E-state index in [0.29, 0.717) is 31.2 Å². The number of aryl methyl sites for hydroxylation is 1. The van der Waals surface area contributed by atoms with Gasteiger partial charge in [-0.3, -0.25) is 4.99 Å². The van der Waals surface area contributed by atoms with Gasteiger partial charge in [-0.1, -0.05) is 24.3 Å². The van der Waals surface area contributed by atoms with E-state index in [9.17, 15) is 0 Å². The van der Waals surface area contributed by atoms with Crippen LogP contribution in [0, 0.1) is 18.3 Å². The predicted molar refractivity (Wildman–Crippen MR) is 101 cm³/mol. The third kappa shape index (κ3) is 5.54. The first kappa shape index (κ1) is 18.3. The molecule has 0 aromatic heterocycles. The number of rotatable bonds is 6. The summed E-state index contributed by atoms with van der Waals surface area (Å²) in [6.45, 7) is 5.89. The Hall–Kier alpha value is -3.00. The molecule has 5 nitrogen and oxygen atoms in total. The van der Waals surface area contributed by atoms with Crippen LogP contribution in [0.4, 0.5) is 0 Å². The van der Waals surface area contributed by atoms with E-state index in [1.54, 1.807) is 13.1 Å². The highest BCUT2D eigenvalue weighted by atomic mass is 16.5. The summed E-state index contributed by atoms with van der Waals surface area (Å²) in [7, 11) is 1.74. The van der Waals surface area contributed by atoms with Gasteiger partial charge < -0.3 is 15.4 Å². The highest BCUT2D eigenvalue weighted by Gasteiger charge is 2.05. The number of guanidine groups is 1. The van der Waals surface area contributed by atoms with Crippen molar-refractivity contribution >= 4 is 5.96 Å². The molecule has 0 spiro atoms. The van der Waals surface area contributed by atoms with Gasteiger partial charge in [0.25, 0.3) is 0 Å². The van der Waals surface area contributed by atoms with Crippen molar-refractivity contribution in [3.05, 3.63) is 64.7 Å². The monoisotopic (exact) mass is 336 g/mol. The third-order valence-corrected chi connectivity index (χ3v) is 3.71. The van der Waals surface area contributed by atoms with E-state index in [2.05, 4.69) is 40.8 Å². The Kier molecular flexibility index (Phi) is 6.85. The Morgan fingerprint density at radius 2 is 1.96 bits per heavy atom. The summed E-state index contributed by atoms with van der Waals surface area (Å²) in [6.07, 6.45) is 0. The van der Waals surface area contributed by atoms with Crippen LogP contribution in [-0.2, 0) is 13.1 Å². The van der Waals surface area contributed by atoms with Gasteiger partial charge in [-0.15, -0.1) is 0 Å². The molecule has 0 aliphatic rings. The lowest BCUT2D eigenvalue weighted by atomic mass is 10.1. The fourth-order valence-corrected chi connectivity index (χ4v) is 2.43. The van der Waals surface area contributed by atoms with Crippen LogP contribution >= 0.6 is 0 Å². The van der Waals surface area contributed by atoms with E-state index < -0.39 is 0 Å². The van der Waals surface area contributed by atoms with Crippen LogP contribution in [0.25, 0.3) is 0 Å². The molecule has 0 amide bonds. The van der Waals surface area contributed by atoms with Crippen molar-refractivity contribution in [3.63, 3.8) is 0 Å². The number of nitrogens with zero attached hydrogens (tertiary/aromatic N) is 2. The Bertz CT molecular complexity index is 778. The molecule has 130 valence electrons. The number of ether oxygens (including phenoxy) is 1. The Morgan fingerprint density at radius 1 is 1.16 bits per heavy atom. The van der Waals surface area contributed by atoms with Gasteiger partial charge in [0, 0.05) is 25.7 Å². The molecule has 0 fully saturated rings. The van der Waals surface area contributed by atoms with Crippen molar-refractivity contribution in [3.8, 4) is 11.8 Å². The zero-order valence-corrected chi connectivity index (χ0v) is 15.0. The summed E-state index contributed by atoms with van der Waals surface area (Å²) in [5, 5.41) is 15.5. The van der Waals surface area contributed by atoms with Crippen molar-refractivity contribution in [2.45, 2.75) is 26.9 Å². The van der Waals surface area contributed by atoms with Crippen LogP contribution in [0.5, 0.6) is 5.75 Å². The molecule has 0 saturated carbocycles. The molecule has 5 heteroatoms. The Balaban J connectivity index is 1.95. The molecule has 0 saturated heterocycles. The first-order chi connectivity index (χ1) is 12.2. The SMILES string of the molecule is CCOc1cc(C)ccc1CNC(=NC)NCc1cccc(C#N)c1. The lowest BCUT2D eigenvalue weighted by Gasteiger charge is -2.15. The van der Waals surface area contributed by atoms with Crippen molar-refractivity contribution in [1.29, 1.82) is 5.26 Å².